The van der Waals surface area contributed by atoms with Gasteiger partial charge < -0.3 is 0 Å². The summed E-state index contributed by atoms with van der Waals surface area (Å²) in [6, 6.07) is 0. The average molecular weight is 169 g/mol. The average Bonchev–Trinajstić information content (AvgIpc) is 1.80. The maximum absolute atomic E-state index is 11.3. The van der Waals surface area contributed by atoms with Crippen LogP contribution in [0.4, 0.5) is 13.2 Å². The van der Waals surface area contributed by atoms with Crippen molar-refractivity contribution in [1.29, 1.82) is 0 Å². The van der Waals surface area contributed by atoms with Gasteiger partial charge in [-0.2, -0.15) is 13.2 Å². The molecule has 2 amide bonds. The van der Waals surface area contributed by atoms with Crippen LogP contribution < -0.4 is 10.9 Å². The Kier molecular flexibility index (Phi) is 2.85. The molecular weight excluding hydrogens is 165 g/mol. The fourth-order valence-corrected chi connectivity index (χ4v) is 0.193. The van der Waals surface area contributed by atoms with Crippen LogP contribution in [0, 0.1) is 0 Å². The molecule has 0 heterocycles. The van der Waals surface area contributed by atoms with Gasteiger partial charge in [-0.3, -0.25) is 9.59 Å². The first kappa shape index (κ1) is 9.73. The second kappa shape index (κ2) is 3.22. The van der Waals surface area contributed by atoms with E-state index < -0.39 is 18.0 Å². The highest BCUT2D eigenvalue weighted by Crippen LogP contribution is 2.13. The van der Waals surface area contributed by atoms with Gasteiger partial charge in [0, 0.05) is 6.92 Å². The summed E-state index contributed by atoms with van der Waals surface area (Å²) >= 11 is 0. The van der Waals surface area contributed by atoms with Gasteiger partial charge in [-0.15, -0.1) is 5.43 Å². The Morgan fingerprint density at radius 2 is 1.82 bits per heavy atom. The number of alkyl halides is 3. The zero-order valence-corrected chi connectivity index (χ0v) is 5.40. The van der Waals surface area contributed by atoms with E-state index in [1.807, 2.05) is 0 Å². The lowest BCUT2D eigenvalue weighted by Crippen LogP contribution is -2.41. The summed E-state index contributed by atoms with van der Waals surface area (Å²) < 4.78 is 33.9. The molecule has 0 saturated heterocycles. The molecule has 0 atom stereocenters. The minimum absolute atomic E-state index is 0.831. The normalized spacial score (nSPS) is 10.5. The smallest absolute Gasteiger partial charge is 0.274 e. The van der Waals surface area contributed by atoms with E-state index in [4.69, 9.17) is 0 Å². The van der Waals surface area contributed by atoms with E-state index in [2.05, 4.69) is 5.43 Å². The molecule has 0 fully saturated rings. The molecule has 0 aliphatic carbocycles. The molecule has 0 unspecified atom stereocenters. The van der Waals surface area contributed by atoms with Gasteiger partial charge in [0.05, 0.1) is 0 Å². The Hall–Kier alpha value is -1.27. The molecule has 0 spiro atoms. The second-order valence-electron chi connectivity index (χ2n) is 1.58. The molecule has 1 radical (unpaired) electrons. The number of carbonyl (C=O) groups excluding carboxylic acids is 2. The zero-order chi connectivity index (χ0) is 9.07. The number of carbonyl (C=O) groups is 2. The van der Waals surface area contributed by atoms with Crippen LogP contribution in [0.2, 0.25) is 0 Å². The lowest BCUT2D eigenvalue weighted by molar-refractivity contribution is -0.175. The van der Waals surface area contributed by atoms with Crippen molar-refractivity contribution in [3.8, 4) is 0 Å². The molecule has 1 N–H and O–H groups in total. The maximum Gasteiger partial charge on any atom is 0.475 e. The Bertz CT molecular complexity index is 177. The largest absolute Gasteiger partial charge is 0.475 e. The van der Waals surface area contributed by atoms with Gasteiger partial charge >= 0.3 is 12.1 Å². The quantitative estimate of drug-likeness (QED) is 0.507. The van der Waals surface area contributed by atoms with Crippen LogP contribution in [0.5, 0.6) is 0 Å². The second-order valence-corrected chi connectivity index (χ2v) is 1.58. The third kappa shape index (κ3) is 4.18. The van der Waals surface area contributed by atoms with Crippen LogP contribution in [0.15, 0.2) is 0 Å². The summed E-state index contributed by atoms with van der Waals surface area (Å²) in [6.45, 7) is 0.938. The highest BCUT2D eigenvalue weighted by molar-refractivity contribution is 5.84. The van der Waals surface area contributed by atoms with E-state index >= 15 is 0 Å². The van der Waals surface area contributed by atoms with Gasteiger partial charge in [-0.25, -0.2) is 5.43 Å². The van der Waals surface area contributed by atoms with Crippen LogP contribution in [-0.2, 0) is 9.59 Å². The van der Waals surface area contributed by atoms with Crippen molar-refractivity contribution in [2.24, 2.45) is 0 Å². The molecule has 0 bridgehead atoms. The molecule has 0 aliphatic rings. The summed E-state index contributed by atoms with van der Waals surface area (Å²) in [4.78, 5) is 19.8. The number of halogens is 3. The van der Waals surface area contributed by atoms with Gasteiger partial charge in [0.15, 0.2) is 0 Å². The molecule has 0 aromatic heterocycles. The molecular formula is C4H4F3N2O2. The Morgan fingerprint density at radius 1 is 1.36 bits per heavy atom. The number of nitrogens with one attached hydrogen (secondary N) is 1. The van der Waals surface area contributed by atoms with Crippen molar-refractivity contribution in [3.05, 3.63) is 0 Å². The third-order valence-corrected chi connectivity index (χ3v) is 0.557. The standard InChI is InChI=1S/C4H4F3N2O2/c1-2(10)8-9-3(11)4(5,6)7/h1H3,(H,8,10). The highest BCUT2D eigenvalue weighted by Gasteiger charge is 2.40. The van der Waals surface area contributed by atoms with Crippen molar-refractivity contribution < 1.29 is 22.8 Å². The SMILES string of the molecule is CC(=O)N[N]C(=O)C(F)(F)F. The van der Waals surface area contributed by atoms with Crippen molar-refractivity contribution in [2.75, 3.05) is 0 Å². The summed E-state index contributed by atoms with van der Waals surface area (Å²) in [5.41, 5.74) is 3.60. The monoisotopic (exact) mass is 169 g/mol. The minimum Gasteiger partial charge on any atom is -0.274 e. The van der Waals surface area contributed by atoms with Gasteiger partial charge in [-0.05, 0) is 0 Å². The predicted octanol–water partition coefficient (Wildman–Crippen LogP) is -0.269. The molecule has 0 aromatic rings. The zero-order valence-electron chi connectivity index (χ0n) is 5.40. The van der Waals surface area contributed by atoms with Crippen LogP contribution in [0.1, 0.15) is 6.92 Å². The Balaban J connectivity index is 3.80. The Labute approximate surface area is 59.7 Å². The fourth-order valence-electron chi connectivity index (χ4n) is 0.193. The lowest BCUT2D eigenvalue weighted by Gasteiger charge is -2.03. The summed E-state index contributed by atoms with van der Waals surface area (Å²) in [5, 5.41) is 0. The van der Waals surface area contributed by atoms with E-state index in [1.165, 1.54) is 5.43 Å². The van der Waals surface area contributed by atoms with E-state index in [-0.39, 0.29) is 0 Å². The number of hydrogen-bond donors (Lipinski definition) is 1. The van der Waals surface area contributed by atoms with E-state index in [9.17, 15) is 22.8 Å². The van der Waals surface area contributed by atoms with Crippen molar-refractivity contribution >= 4 is 11.8 Å². The van der Waals surface area contributed by atoms with Crippen LogP contribution in [-0.4, -0.2) is 18.0 Å². The molecule has 11 heavy (non-hydrogen) atoms. The molecule has 0 rings (SSSR count). The molecule has 0 aliphatic heterocycles. The lowest BCUT2D eigenvalue weighted by atomic mass is 10.6. The molecule has 0 aromatic carbocycles. The minimum atomic E-state index is -5.03. The molecule has 7 heteroatoms. The van der Waals surface area contributed by atoms with Gasteiger partial charge in [0.25, 0.3) is 0 Å². The highest BCUT2D eigenvalue weighted by atomic mass is 19.4. The molecule has 4 nitrogen and oxygen atoms in total. The van der Waals surface area contributed by atoms with Gasteiger partial charge in [0.1, 0.15) is 0 Å². The number of amides is 2. The Morgan fingerprint density at radius 3 is 2.09 bits per heavy atom. The summed E-state index contributed by atoms with van der Waals surface area (Å²) in [6.07, 6.45) is -5.03. The fraction of sp³-hybridized carbons (Fsp3) is 0.500. The first-order valence-corrected chi connectivity index (χ1v) is 2.42. The molecule has 63 valence electrons. The number of hydrogen-bond acceptors (Lipinski definition) is 2. The van der Waals surface area contributed by atoms with Crippen LogP contribution in [0.3, 0.4) is 0 Å². The summed E-state index contributed by atoms with van der Waals surface area (Å²) in [5.74, 6) is -3.16. The predicted molar refractivity (Wildman–Crippen MR) is 27.0 cm³/mol. The van der Waals surface area contributed by atoms with Crippen LogP contribution in [0.25, 0.3) is 0 Å². The topological polar surface area (TPSA) is 60.3 Å². The van der Waals surface area contributed by atoms with E-state index in [0.717, 1.165) is 6.92 Å². The van der Waals surface area contributed by atoms with E-state index in [0.29, 0.717) is 0 Å². The first-order valence-electron chi connectivity index (χ1n) is 2.42. The number of nitrogens with zero attached hydrogens (tertiary/aromatic N) is 1. The van der Waals surface area contributed by atoms with Crippen molar-refractivity contribution in [2.45, 2.75) is 13.1 Å². The molecule has 0 saturated carbocycles. The third-order valence-electron chi connectivity index (χ3n) is 0.557. The van der Waals surface area contributed by atoms with Gasteiger partial charge in [-0.1, -0.05) is 0 Å². The summed E-state index contributed by atoms with van der Waals surface area (Å²) in [7, 11) is 0. The van der Waals surface area contributed by atoms with E-state index in [1.54, 1.807) is 0 Å². The number of rotatable bonds is 0. The maximum atomic E-state index is 11.3. The van der Waals surface area contributed by atoms with Crippen molar-refractivity contribution in [3.63, 3.8) is 0 Å². The first-order chi connectivity index (χ1) is 4.84. The van der Waals surface area contributed by atoms with Crippen LogP contribution >= 0.6 is 0 Å². The van der Waals surface area contributed by atoms with Gasteiger partial charge in [0.2, 0.25) is 5.91 Å². The van der Waals surface area contributed by atoms with Crippen molar-refractivity contribution in [1.82, 2.24) is 10.9 Å².